The Kier molecular flexibility index (Phi) is 6.97. The molecule has 0 spiro atoms. The Balaban J connectivity index is 2.01. The molecule has 1 aliphatic carbocycles. The number of benzene rings is 1. The summed E-state index contributed by atoms with van der Waals surface area (Å²) < 4.78 is 28.5. The molecular weight excluding hydrogens is 438 g/mol. The van der Waals surface area contributed by atoms with Gasteiger partial charge in [-0.1, -0.05) is 0 Å². The minimum Gasteiger partial charge on any atom is -0.493 e. The van der Waals surface area contributed by atoms with E-state index in [1.54, 1.807) is 27.4 Å². The highest BCUT2D eigenvalue weighted by Gasteiger charge is 2.30. The van der Waals surface area contributed by atoms with Gasteiger partial charge in [0, 0.05) is 18.4 Å². The Morgan fingerprint density at radius 3 is 2.44 bits per heavy atom. The molecule has 2 N–H and O–H groups in total. The van der Waals surface area contributed by atoms with E-state index in [0.29, 0.717) is 54.6 Å². The van der Waals surface area contributed by atoms with Gasteiger partial charge in [0.15, 0.2) is 17.2 Å². The molecule has 0 unspecified atom stereocenters. The summed E-state index contributed by atoms with van der Waals surface area (Å²) >= 11 is 0. The summed E-state index contributed by atoms with van der Waals surface area (Å²) in [6.07, 6.45) is 1.98. The summed E-state index contributed by atoms with van der Waals surface area (Å²) in [7, 11) is 4.71. The van der Waals surface area contributed by atoms with Gasteiger partial charge in [0.1, 0.15) is 6.10 Å². The summed E-state index contributed by atoms with van der Waals surface area (Å²) in [5, 5.41) is 0. The molecule has 8 nitrogen and oxygen atoms in total. The van der Waals surface area contributed by atoms with Crippen molar-refractivity contribution in [3.8, 4) is 34.1 Å². The van der Waals surface area contributed by atoms with Crippen LogP contribution in [0.4, 0.5) is 0 Å². The molecule has 182 valence electrons. The first-order chi connectivity index (χ1) is 16.4. The zero-order chi connectivity index (χ0) is 24.4. The number of hydrogen-bond acceptors (Lipinski definition) is 7. The Morgan fingerprint density at radius 2 is 1.82 bits per heavy atom. The monoisotopic (exact) mass is 469 g/mol. The largest absolute Gasteiger partial charge is 0.493 e. The smallest absolute Gasteiger partial charge is 0.220 e. The van der Waals surface area contributed by atoms with E-state index < -0.39 is 5.91 Å². The van der Waals surface area contributed by atoms with E-state index in [9.17, 15) is 9.59 Å². The minimum absolute atomic E-state index is 0.132. The number of carbonyl (C=O) groups is 1. The second kappa shape index (κ2) is 9.93. The first-order valence-corrected chi connectivity index (χ1v) is 11.4. The number of fused-ring (bicyclic) bond motifs is 3. The van der Waals surface area contributed by atoms with Gasteiger partial charge in [-0.05, 0) is 66.1 Å². The third-order valence-corrected chi connectivity index (χ3v) is 6.54. The number of carbonyl (C=O) groups excluding carboxylic acids is 1. The van der Waals surface area contributed by atoms with Crippen molar-refractivity contribution in [1.29, 1.82) is 0 Å². The first kappa shape index (κ1) is 23.9. The van der Waals surface area contributed by atoms with Crippen LogP contribution >= 0.6 is 0 Å². The summed E-state index contributed by atoms with van der Waals surface area (Å²) in [4.78, 5) is 25.3. The number of amides is 1. The van der Waals surface area contributed by atoms with Crippen LogP contribution in [0.5, 0.6) is 23.0 Å². The van der Waals surface area contributed by atoms with Crippen LogP contribution in [0.3, 0.4) is 0 Å². The van der Waals surface area contributed by atoms with Crippen molar-refractivity contribution in [1.82, 2.24) is 0 Å². The fourth-order valence-electron chi connectivity index (χ4n) is 4.96. The van der Waals surface area contributed by atoms with Gasteiger partial charge in [-0.3, -0.25) is 9.59 Å². The van der Waals surface area contributed by atoms with Crippen LogP contribution in [-0.4, -0.2) is 46.6 Å². The van der Waals surface area contributed by atoms with Crippen LogP contribution in [0.1, 0.15) is 41.9 Å². The quantitative estimate of drug-likeness (QED) is 0.664. The van der Waals surface area contributed by atoms with Crippen molar-refractivity contribution >= 4 is 5.91 Å². The fraction of sp³-hybridized carbons (Fsp3) is 0.462. The van der Waals surface area contributed by atoms with E-state index in [2.05, 4.69) is 0 Å². The van der Waals surface area contributed by atoms with Gasteiger partial charge in [0.25, 0.3) is 0 Å². The lowest BCUT2D eigenvalue weighted by molar-refractivity contribution is -0.118. The van der Waals surface area contributed by atoms with E-state index in [1.807, 2.05) is 19.1 Å². The Hall–Kier alpha value is -3.26. The van der Waals surface area contributed by atoms with Gasteiger partial charge in [0.2, 0.25) is 17.1 Å². The second-order valence-electron chi connectivity index (χ2n) is 8.72. The molecule has 2 aromatic carbocycles. The van der Waals surface area contributed by atoms with Crippen LogP contribution in [0.15, 0.2) is 23.0 Å². The zero-order valence-electron chi connectivity index (χ0n) is 20.1. The third-order valence-electron chi connectivity index (χ3n) is 6.54. The lowest BCUT2D eigenvalue weighted by Gasteiger charge is -2.19. The lowest BCUT2D eigenvalue weighted by atomic mass is 9.89. The average Bonchev–Trinajstić information content (AvgIpc) is 3.25. The SMILES string of the molecule is COc1cc2c(c(OC)c1OC)-c1cc(C)c(O[C@H]3CCOC3)c(=O)cc1[C@H](CC(N)=O)CC2. The van der Waals surface area contributed by atoms with E-state index in [0.717, 1.165) is 28.7 Å². The maximum Gasteiger partial charge on any atom is 0.220 e. The standard InChI is InChI=1S/C26H31NO7/c1-14-9-19-18(12-20(28)24(14)34-17-7-8-33-13-17)15(11-22(27)29)5-6-16-10-21(30-2)25(31-3)26(32-4)23(16)19/h9-10,12,15,17H,5-8,11,13H2,1-4H3,(H2,27,29)/t15-,17-/m0/s1. The van der Waals surface area contributed by atoms with Crippen molar-refractivity contribution in [2.75, 3.05) is 34.5 Å². The van der Waals surface area contributed by atoms with Crippen LogP contribution in [0.2, 0.25) is 0 Å². The highest BCUT2D eigenvalue weighted by atomic mass is 16.5. The number of ether oxygens (including phenoxy) is 5. The highest BCUT2D eigenvalue weighted by Crippen LogP contribution is 2.51. The molecule has 1 heterocycles. The molecule has 0 radical (unpaired) electrons. The highest BCUT2D eigenvalue weighted by molar-refractivity contribution is 5.84. The predicted molar refractivity (Wildman–Crippen MR) is 127 cm³/mol. The topological polar surface area (TPSA) is 106 Å². The summed E-state index contributed by atoms with van der Waals surface area (Å²) in [6.45, 7) is 2.92. The summed E-state index contributed by atoms with van der Waals surface area (Å²) in [6, 6.07) is 5.46. The lowest BCUT2D eigenvalue weighted by Crippen LogP contribution is -2.20. The van der Waals surface area contributed by atoms with Crippen LogP contribution in [0.25, 0.3) is 11.1 Å². The molecule has 0 aromatic heterocycles. The van der Waals surface area contributed by atoms with Crippen molar-refractivity contribution in [2.24, 2.45) is 5.73 Å². The van der Waals surface area contributed by atoms with Gasteiger partial charge >= 0.3 is 0 Å². The number of hydrogen-bond donors (Lipinski definition) is 1. The predicted octanol–water partition coefficient (Wildman–Crippen LogP) is 3.12. The first-order valence-electron chi connectivity index (χ1n) is 11.4. The molecule has 0 bridgehead atoms. The van der Waals surface area contributed by atoms with E-state index >= 15 is 0 Å². The Labute approximate surface area is 198 Å². The molecular formula is C26H31NO7. The van der Waals surface area contributed by atoms with Crippen molar-refractivity contribution in [3.63, 3.8) is 0 Å². The Bertz CT molecular complexity index is 1150. The Morgan fingerprint density at radius 1 is 1.06 bits per heavy atom. The van der Waals surface area contributed by atoms with Crippen molar-refractivity contribution < 1.29 is 28.5 Å². The molecule has 4 rings (SSSR count). The van der Waals surface area contributed by atoms with Gasteiger partial charge in [-0.2, -0.15) is 0 Å². The number of rotatable bonds is 7. The van der Waals surface area contributed by atoms with Crippen molar-refractivity contribution in [2.45, 2.75) is 44.6 Å². The minimum atomic E-state index is -0.417. The molecule has 8 heteroatoms. The molecule has 2 aliphatic rings. The van der Waals surface area contributed by atoms with Crippen LogP contribution in [-0.2, 0) is 16.0 Å². The van der Waals surface area contributed by atoms with Gasteiger partial charge in [-0.25, -0.2) is 0 Å². The van der Waals surface area contributed by atoms with E-state index in [4.69, 9.17) is 29.4 Å². The molecule has 0 saturated carbocycles. The molecule has 1 saturated heterocycles. The second-order valence-corrected chi connectivity index (χ2v) is 8.72. The maximum absolute atomic E-state index is 13.4. The molecule has 1 fully saturated rings. The molecule has 34 heavy (non-hydrogen) atoms. The third kappa shape index (κ3) is 4.42. The van der Waals surface area contributed by atoms with Gasteiger partial charge < -0.3 is 29.4 Å². The number of methoxy groups -OCH3 is 3. The maximum atomic E-state index is 13.4. The molecule has 2 aromatic rings. The number of aryl methyl sites for hydroxylation is 2. The normalized spacial score (nSPS) is 18.9. The van der Waals surface area contributed by atoms with Crippen molar-refractivity contribution in [3.05, 3.63) is 45.1 Å². The van der Waals surface area contributed by atoms with E-state index in [-0.39, 0.29) is 23.9 Å². The van der Waals surface area contributed by atoms with E-state index in [1.165, 1.54) is 0 Å². The summed E-state index contributed by atoms with van der Waals surface area (Å²) in [5.41, 5.74) is 9.40. The fourth-order valence-corrected chi connectivity index (χ4v) is 4.96. The summed E-state index contributed by atoms with van der Waals surface area (Å²) in [5.74, 6) is 1.18. The molecule has 1 amide bonds. The molecule has 2 atom stereocenters. The molecule has 1 aliphatic heterocycles. The van der Waals surface area contributed by atoms with Gasteiger partial charge in [0.05, 0.1) is 34.5 Å². The zero-order valence-corrected chi connectivity index (χ0v) is 20.1. The number of nitrogens with two attached hydrogens (primary N) is 1. The van der Waals surface area contributed by atoms with Crippen LogP contribution in [0, 0.1) is 6.92 Å². The van der Waals surface area contributed by atoms with Crippen LogP contribution < -0.4 is 30.1 Å². The average molecular weight is 470 g/mol. The number of primary amides is 1. The van der Waals surface area contributed by atoms with Gasteiger partial charge in [-0.15, -0.1) is 0 Å².